The van der Waals surface area contributed by atoms with Gasteiger partial charge in [-0.3, -0.25) is 14.2 Å². The van der Waals surface area contributed by atoms with Gasteiger partial charge in [0, 0.05) is 31.7 Å². The highest BCUT2D eigenvalue weighted by atomic mass is 35.5. The van der Waals surface area contributed by atoms with E-state index in [-0.39, 0.29) is 17.2 Å². The van der Waals surface area contributed by atoms with Crippen LogP contribution in [-0.2, 0) is 18.3 Å². The number of thiazole rings is 1. The molecule has 30 heavy (non-hydrogen) atoms. The maximum Gasteiger partial charge on any atom is 0.273 e. The summed E-state index contributed by atoms with van der Waals surface area (Å²) in [5.74, 6) is 0.0922. The summed E-state index contributed by atoms with van der Waals surface area (Å²) >= 11 is 8.53. The fourth-order valence-corrected chi connectivity index (χ4v) is 5.22. The van der Waals surface area contributed by atoms with Crippen molar-refractivity contribution in [3.63, 3.8) is 0 Å². The summed E-state index contributed by atoms with van der Waals surface area (Å²) < 4.78 is 2.07. The van der Waals surface area contributed by atoms with Gasteiger partial charge in [-0.15, -0.1) is 0 Å². The summed E-state index contributed by atoms with van der Waals surface area (Å²) in [6.07, 6.45) is 3.03. The van der Waals surface area contributed by atoms with Gasteiger partial charge in [0.15, 0.2) is 15.9 Å². The molecule has 0 bridgehead atoms. The fraction of sp³-hybridized carbons (Fsp3) is 0.400. The minimum absolute atomic E-state index is 0.0978. The van der Waals surface area contributed by atoms with Crippen LogP contribution in [0.25, 0.3) is 10.3 Å². The second-order valence-corrected chi connectivity index (χ2v) is 9.47. The molecule has 2 aromatic heterocycles. The maximum atomic E-state index is 12.7. The average Bonchev–Trinajstić information content (AvgIpc) is 3.41. The van der Waals surface area contributed by atoms with Gasteiger partial charge in [0.1, 0.15) is 4.70 Å². The maximum absolute atomic E-state index is 12.7. The van der Waals surface area contributed by atoms with E-state index in [0.717, 1.165) is 43.0 Å². The standard InChI is InChI=1S/C20H22ClN5O2S2/c1-25-18(28)16-17(24-20(30-16)26-10-2-3-11-26)23-19(25)29-12-15(27)22-9-8-13-4-6-14(21)7-5-13/h4-7H,2-3,8-12H2,1H3,(H,22,27). The van der Waals surface area contributed by atoms with E-state index in [1.165, 1.54) is 27.7 Å². The molecular formula is C20H22ClN5O2S2. The highest BCUT2D eigenvalue weighted by Crippen LogP contribution is 2.29. The smallest absolute Gasteiger partial charge is 0.273 e. The SMILES string of the molecule is Cn1c(SCC(=O)NCCc2ccc(Cl)cc2)nc2nc(N3CCCC3)sc2c1=O. The van der Waals surface area contributed by atoms with Crippen molar-refractivity contribution < 1.29 is 4.79 Å². The number of hydrogen-bond acceptors (Lipinski definition) is 7. The lowest BCUT2D eigenvalue weighted by Crippen LogP contribution is -2.28. The molecule has 3 aromatic rings. The van der Waals surface area contributed by atoms with E-state index >= 15 is 0 Å². The number of anilines is 1. The second kappa shape index (κ2) is 9.36. The number of nitrogens with one attached hydrogen (secondary N) is 1. The lowest BCUT2D eigenvalue weighted by Gasteiger charge is -2.11. The Morgan fingerprint density at radius 2 is 1.97 bits per heavy atom. The van der Waals surface area contributed by atoms with Crippen LogP contribution in [0.2, 0.25) is 5.02 Å². The highest BCUT2D eigenvalue weighted by Gasteiger charge is 2.20. The Labute approximate surface area is 187 Å². The van der Waals surface area contributed by atoms with Gasteiger partial charge in [-0.05, 0) is 37.0 Å². The Balaban J connectivity index is 1.37. The van der Waals surface area contributed by atoms with Gasteiger partial charge in [-0.1, -0.05) is 46.8 Å². The molecular weight excluding hydrogens is 442 g/mol. The van der Waals surface area contributed by atoms with Crippen LogP contribution in [0, 0.1) is 0 Å². The number of carbonyl (C=O) groups excluding carboxylic acids is 1. The zero-order valence-corrected chi connectivity index (χ0v) is 18.9. The Hall–Kier alpha value is -2.10. The van der Waals surface area contributed by atoms with Crippen molar-refractivity contribution >= 4 is 56.1 Å². The minimum Gasteiger partial charge on any atom is -0.355 e. The number of halogens is 1. The molecule has 4 rings (SSSR count). The Kier molecular flexibility index (Phi) is 6.60. The molecule has 10 heteroatoms. The third-order valence-corrected chi connectivity index (χ3v) is 7.32. The van der Waals surface area contributed by atoms with Crippen LogP contribution in [-0.4, -0.2) is 45.8 Å². The summed E-state index contributed by atoms with van der Waals surface area (Å²) in [6.45, 7) is 2.48. The first-order valence-electron chi connectivity index (χ1n) is 9.78. The van der Waals surface area contributed by atoms with Crippen molar-refractivity contribution in [3.8, 4) is 0 Å². The summed E-state index contributed by atoms with van der Waals surface area (Å²) in [5, 5.41) is 4.95. The Bertz CT molecular complexity index is 1110. The number of hydrogen-bond donors (Lipinski definition) is 1. The first kappa shape index (κ1) is 21.1. The molecule has 158 valence electrons. The van der Waals surface area contributed by atoms with Crippen molar-refractivity contribution in [2.24, 2.45) is 7.05 Å². The van der Waals surface area contributed by atoms with E-state index < -0.39 is 0 Å². The molecule has 1 fully saturated rings. The molecule has 0 unspecified atom stereocenters. The van der Waals surface area contributed by atoms with E-state index in [4.69, 9.17) is 11.6 Å². The molecule has 1 amide bonds. The topological polar surface area (TPSA) is 80.1 Å². The quantitative estimate of drug-likeness (QED) is 0.428. The highest BCUT2D eigenvalue weighted by molar-refractivity contribution is 7.99. The molecule has 0 radical (unpaired) electrons. The number of nitrogens with zero attached hydrogens (tertiary/aromatic N) is 4. The number of carbonyl (C=O) groups is 1. The fourth-order valence-electron chi connectivity index (χ4n) is 3.27. The van der Waals surface area contributed by atoms with E-state index in [9.17, 15) is 9.59 Å². The molecule has 1 N–H and O–H groups in total. The van der Waals surface area contributed by atoms with Gasteiger partial charge in [0.25, 0.3) is 5.56 Å². The predicted octanol–water partition coefficient (Wildman–Crippen LogP) is 3.09. The number of benzene rings is 1. The molecule has 0 aliphatic carbocycles. The van der Waals surface area contributed by atoms with Crippen LogP contribution < -0.4 is 15.8 Å². The minimum atomic E-state index is -0.117. The molecule has 1 saturated heterocycles. The van der Waals surface area contributed by atoms with Crippen molar-refractivity contribution in [2.75, 3.05) is 30.3 Å². The van der Waals surface area contributed by atoms with Crippen molar-refractivity contribution in [2.45, 2.75) is 24.4 Å². The Morgan fingerprint density at radius 3 is 2.70 bits per heavy atom. The van der Waals surface area contributed by atoms with Crippen LogP contribution in [0.4, 0.5) is 5.13 Å². The lowest BCUT2D eigenvalue weighted by molar-refractivity contribution is -0.118. The van der Waals surface area contributed by atoms with Gasteiger partial charge in [-0.2, -0.15) is 4.98 Å². The van der Waals surface area contributed by atoms with Gasteiger partial charge < -0.3 is 10.2 Å². The average molecular weight is 464 g/mol. The summed E-state index contributed by atoms with van der Waals surface area (Å²) in [5.41, 5.74) is 1.46. The summed E-state index contributed by atoms with van der Waals surface area (Å²) in [4.78, 5) is 36.2. The summed E-state index contributed by atoms with van der Waals surface area (Å²) in [6, 6.07) is 7.57. The van der Waals surface area contributed by atoms with Crippen LogP contribution in [0.3, 0.4) is 0 Å². The van der Waals surface area contributed by atoms with Crippen LogP contribution >= 0.6 is 34.7 Å². The Morgan fingerprint density at radius 1 is 1.23 bits per heavy atom. The van der Waals surface area contributed by atoms with Crippen LogP contribution in [0.15, 0.2) is 34.2 Å². The normalized spacial score (nSPS) is 13.9. The van der Waals surface area contributed by atoms with E-state index in [1.807, 2.05) is 24.3 Å². The van der Waals surface area contributed by atoms with Crippen molar-refractivity contribution in [3.05, 3.63) is 45.2 Å². The number of aromatic nitrogens is 3. The van der Waals surface area contributed by atoms with Crippen molar-refractivity contribution in [1.29, 1.82) is 0 Å². The first-order chi connectivity index (χ1) is 14.5. The van der Waals surface area contributed by atoms with E-state index in [2.05, 4.69) is 20.2 Å². The van der Waals surface area contributed by atoms with Gasteiger partial charge in [0.2, 0.25) is 5.91 Å². The number of rotatable bonds is 7. The van der Waals surface area contributed by atoms with Gasteiger partial charge in [0.05, 0.1) is 5.75 Å². The van der Waals surface area contributed by atoms with E-state index in [1.54, 1.807) is 7.05 Å². The molecule has 7 nitrogen and oxygen atoms in total. The molecule has 0 atom stereocenters. The van der Waals surface area contributed by atoms with Crippen molar-refractivity contribution in [1.82, 2.24) is 19.9 Å². The molecule has 1 aliphatic heterocycles. The molecule has 1 aromatic carbocycles. The number of amides is 1. The first-order valence-corrected chi connectivity index (χ1v) is 12.0. The zero-order valence-electron chi connectivity index (χ0n) is 16.6. The van der Waals surface area contributed by atoms with Gasteiger partial charge >= 0.3 is 0 Å². The lowest BCUT2D eigenvalue weighted by atomic mass is 10.1. The van der Waals surface area contributed by atoms with Gasteiger partial charge in [-0.25, -0.2) is 4.98 Å². The van der Waals surface area contributed by atoms with E-state index in [0.29, 0.717) is 27.1 Å². The largest absolute Gasteiger partial charge is 0.355 e. The van der Waals surface area contributed by atoms with Crippen LogP contribution in [0.1, 0.15) is 18.4 Å². The summed E-state index contributed by atoms with van der Waals surface area (Å²) in [7, 11) is 1.69. The zero-order chi connectivity index (χ0) is 21.1. The number of thioether (sulfide) groups is 1. The second-order valence-electron chi connectivity index (χ2n) is 7.12. The molecule has 0 saturated carbocycles. The third kappa shape index (κ3) is 4.79. The third-order valence-electron chi connectivity index (χ3n) is 4.94. The molecule has 0 spiro atoms. The number of fused-ring (bicyclic) bond motifs is 1. The predicted molar refractivity (Wildman–Crippen MR) is 123 cm³/mol. The van der Waals surface area contributed by atoms with Crippen LogP contribution in [0.5, 0.6) is 0 Å². The molecule has 3 heterocycles. The molecule has 1 aliphatic rings. The monoisotopic (exact) mass is 463 g/mol.